The van der Waals surface area contributed by atoms with E-state index in [4.69, 9.17) is 9.84 Å². The Morgan fingerprint density at radius 2 is 2.20 bits per heavy atom. The molecule has 0 aromatic heterocycles. The number of carboxylic acids is 1. The highest BCUT2D eigenvalue weighted by Gasteiger charge is 2.31. The molecule has 2 atom stereocenters. The number of amides is 2. The SMILES string of the molecule is CCCC(NC(=O)N1CCOC(C(=O)OC)C1)C(=O)O. The van der Waals surface area contributed by atoms with Crippen LogP contribution in [0.4, 0.5) is 4.79 Å². The average Bonchev–Trinajstić information content (AvgIpc) is 2.45. The normalized spacial score (nSPS) is 20.1. The summed E-state index contributed by atoms with van der Waals surface area (Å²) < 4.78 is 9.76. The zero-order valence-corrected chi connectivity index (χ0v) is 11.6. The Bertz CT molecular complexity index is 373. The van der Waals surface area contributed by atoms with Gasteiger partial charge in [-0.1, -0.05) is 13.3 Å². The van der Waals surface area contributed by atoms with E-state index in [-0.39, 0.29) is 13.2 Å². The molecule has 8 nitrogen and oxygen atoms in total. The van der Waals surface area contributed by atoms with E-state index >= 15 is 0 Å². The third kappa shape index (κ3) is 4.37. The number of carbonyl (C=O) groups is 3. The van der Waals surface area contributed by atoms with E-state index in [2.05, 4.69) is 10.1 Å². The van der Waals surface area contributed by atoms with Crippen molar-refractivity contribution in [2.24, 2.45) is 0 Å². The molecule has 0 aromatic rings. The van der Waals surface area contributed by atoms with Gasteiger partial charge in [0.25, 0.3) is 0 Å². The fourth-order valence-corrected chi connectivity index (χ4v) is 1.89. The smallest absolute Gasteiger partial charge is 0.336 e. The van der Waals surface area contributed by atoms with Crippen molar-refractivity contribution < 1.29 is 29.0 Å². The van der Waals surface area contributed by atoms with E-state index in [0.29, 0.717) is 19.4 Å². The molecule has 0 spiro atoms. The lowest BCUT2D eigenvalue weighted by molar-refractivity contribution is -0.158. The highest BCUT2D eigenvalue weighted by molar-refractivity contribution is 5.83. The summed E-state index contributed by atoms with van der Waals surface area (Å²) in [5.74, 6) is -1.62. The predicted octanol–water partition coefficient (Wildman–Crippen LogP) is -0.177. The number of aliphatic carboxylic acids is 1. The topological polar surface area (TPSA) is 105 Å². The molecule has 2 unspecified atom stereocenters. The molecule has 8 heteroatoms. The second-order valence-corrected chi connectivity index (χ2v) is 4.46. The highest BCUT2D eigenvalue weighted by Crippen LogP contribution is 2.08. The van der Waals surface area contributed by atoms with Crippen LogP contribution in [0.2, 0.25) is 0 Å². The number of morpholine rings is 1. The Morgan fingerprint density at radius 3 is 2.75 bits per heavy atom. The van der Waals surface area contributed by atoms with E-state index in [1.165, 1.54) is 12.0 Å². The number of urea groups is 1. The minimum Gasteiger partial charge on any atom is -0.480 e. The molecule has 0 aliphatic carbocycles. The van der Waals surface area contributed by atoms with Crippen molar-refractivity contribution in [1.82, 2.24) is 10.2 Å². The maximum Gasteiger partial charge on any atom is 0.336 e. The number of nitrogens with zero attached hydrogens (tertiary/aromatic N) is 1. The standard InChI is InChI=1S/C12H20N2O6/c1-3-4-8(10(15)16)13-12(18)14-5-6-20-9(7-14)11(17)19-2/h8-9H,3-7H2,1-2H3,(H,13,18)(H,15,16). The number of ether oxygens (including phenoxy) is 2. The second-order valence-electron chi connectivity index (χ2n) is 4.46. The van der Waals surface area contributed by atoms with Crippen LogP contribution < -0.4 is 5.32 Å². The van der Waals surface area contributed by atoms with Gasteiger partial charge in [0.15, 0.2) is 6.10 Å². The first-order valence-corrected chi connectivity index (χ1v) is 6.47. The van der Waals surface area contributed by atoms with Gasteiger partial charge in [-0.25, -0.2) is 14.4 Å². The van der Waals surface area contributed by atoms with Crippen LogP contribution in [0.15, 0.2) is 0 Å². The van der Waals surface area contributed by atoms with Crippen LogP contribution >= 0.6 is 0 Å². The molecular weight excluding hydrogens is 268 g/mol. The average molecular weight is 288 g/mol. The van der Waals surface area contributed by atoms with Crippen LogP contribution in [0.1, 0.15) is 19.8 Å². The molecule has 20 heavy (non-hydrogen) atoms. The number of esters is 1. The van der Waals surface area contributed by atoms with Crippen LogP contribution in [0.25, 0.3) is 0 Å². The number of methoxy groups -OCH3 is 1. The van der Waals surface area contributed by atoms with Gasteiger partial charge < -0.3 is 24.8 Å². The third-order valence-electron chi connectivity index (χ3n) is 2.99. The van der Waals surface area contributed by atoms with Crippen molar-refractivity contribution in [1.29, 1.82) is 0 Å². The van der Waals surface area contributed by atoms with Crippen LogP contribution in [0, 0.1) is 0 Å². The molecule has 1 fully saturated rings. The molecule has 0 aromatic carbocycles. The van der Waals surface area contributed by atoms with E-state index in [1.807, 2.05) is 6.92 Å². The van der Waals surface area contributed by atoms with Crippen molar-refractivity contribution in [3.63, 3.8) is 0 Å². The molecule has 0 bridgehead atoms. The summed E-state index contributed by atoms with van der Waals surface area (Å²) in [6.07, 6.45) is 0.172. The van der Waals surface area contributed by atoms with Crippen LogP contribution in [0.5, 0.6) is 0 Å². The summed E-state index contributed by atoms with van der Waals surface area (Å²) in [5, 5.41) is 11.4. The molecule has 114 valence electrons. The van der Waals surface area contributed by atoms with E-state index in [9.17, 15) is 14.4 Å². The van der Waals surface area contributed by atoms with Gasteiger partial charge >= 0.3 is 18.0 Å². The van der Waals surface area contributed by atoms with Gasteiger partial charge in [-0.2, -0.15) is 0 Å². The summed E-state index contributed by atoms with van der Waals surface area (Å²) in [4.78, 5) is 35.7. The van der Waals surface area contributed by atoms with Crippen molar-refractivity contribution >= 4 is 18.0 Å². The quantitative estimate of drug-likeness (QED) is 0.680. The third-order valence-corrected chi connectivity index (χ3v) is 2.99. The van der Waals surface area contributed by atoms with E-state index in [0.717, 1.165) is 0 Å². The van der Waals surface area contributed by atoms with Gasteiger partial charge in [0, 0.05) is 6.54 Å². The first-order valence-electron chi connectivity index (χ1n) is 6.47. The van der Waals surface area contributed by atoms with Crippen LogP contribution in [0.3, 0.4) is 0 Å². The predicted molar refractivity (Wildman–Crippen MR) is 68.2 cm³/mol. The van der Waals surface area contributed by atoms with Crippen molar-refractivity contribution in [3.05, 3.63) is 0 Å². The van der Waals surface area contributed by atoms with Gasteiger partial charge in [-0.05, 0) is 6.42 Å². The number of nitrogens with one attached hydrogen (secondary N) is 1. The van der Waals surface area contributed by atoms with Crippen molar-refractivity contribution in [3.8, 4) is 0 Å². The lowest BCUT2D eigenvalue weighted by Gasteiger charge is -2.32. The maximum absolute atomic E-state index is 12.0. The monoisotopic (exact) mass is 288 g/mol. The van der Waals surface area contributed by atoms with Crippen molar-refractivity contribution in [2.45, 2.75) is 31.9 Å². The Morgan fingerprint density at radius 1 is 1.50 bits per heavy atom. The summed E-state index contributed by atoms with van der Waals surface area (Å²) in [7, 11) is 1.24. The summed E-state index contributed by atoms with van der Waals surface area (Å²) >= 11 is 0. The van der Waals surface area contributed by atoms with Gasteiger partial charge in [-0.3, -0.25) is 0 Å². The highest BCUT2D eigenvalue weighted by atomic mass is 16.6. The van der Waals surface area contributed by atoms with Gasteiger partial charge in [0.1, 0.15) is 6.04 Å². The fourth-order valence-electron chi connectivity index (χ4n) is 1.89. The molecule has 1 saturated heterocycles. The molecule has 1 rings (SSSR count). The lowest BCUT2D eigenvalue weighted by Crippen LogP contribution is -2.54. The summed E-state index contributed by atoms with van der Waals surface area (Å²) in [5.41, 5.74) is 0. The fraction of sp³-hybridized carbons (Fsp3) is 0.750. The largest absolute Gasteiger partial charge is 0.480 e. The number of carbonyl (C=O) groups excluding carboxylic acids is 2. The lowest BCUT2D eigenvalue weighted by atomic mass is 10.2. The Labute approximate surface area is 117 Å². The molecule has 0 radical (unpaired) electrons. The van der Waals surface area contributed by atoms with Crippen LogP contribution in [-0.4, -0.2) is 66.9 Å². The summed E-state index contributed by atoms with van der Waals surface area (Å²) in [6, 6.07) is -1.44. The molecule has 2 amide bonds. The zero-order chi connectivity index (χ0) is 15.1. The van der Waals surface area contributed by atoms with Crippen molar-refractivity contribution in [2.75, 3.05) is 26.8 Å². The molecule has 2 N–H and O–H groups in total. The Hall–Kier alpha value is -1.83. The van der Waals surface area contributed by atoms with E-state index in [1.54, 1.807) is 0 Å². The molecule has 0 saturated carbocycles. The first-order chi connectivity index (χ1) is 9.49. The van der Waals surface area contributed by atoms with Crippen LogP contribution in [-0.2, 0) is 19.1 Å². The Balaban J connectivity index is 2.57. The summed E-state index contributed by atoms with van der Waals surface area (Å²) in [6.45, 7) is 2.40. The zero-order valence-electron chi connectivity index (χ0n) is 11.6. The number of hydrogen-bond acceptors (Lipinski definition) is 5. The van der Waals surface area contributed by atoms with Gasteiger partial charge in [0.2, 0.25) is 0 Å². The van der Waals surface area contributed by atoms with Gasteiger partial charge in [0.05, 0.1) is 20.3 Å². The maximum atomic E-state index is 12.0. The molecular formula is C12H20N2O6. The number of hydrogen-bond donors (Lipinski definition) is 2. The molecule has 1 heterocycles. The van der Waals surface area contributed by atoms with Gasteiger partial charge in [-0.15, -0.1) is 0 Å². The van der Waals surface area contributed by atoms with E-state index < -0.39 is 30.1 Å². The minimum absolute atomic E-state index is 0.0526. The first kappa shape index (κ1) is 16.2. The molecule has 1 aliphatic heterocycles. The molecule has 1 aliphatic rings. The Kier molecular flexibility index (Phi) is 6.23. The second kappa shape index (κ2) is 7.68. The minimum atomic E-state index is -1.07. The number of rotatable bonds is 5. The number of carboxylic acid groups (broad SMARTS) is 1.